The molecule has 3 rings (SSSR count). The Morgan fingerprint density at radius 3 is 2.91 bits per heavy atom. The molecular weight excluding hydrogens is 296 g/mol. The normalized spacial score (nSPS) is 12.4. The zero-order chi connectivity index (χ0) is 16.4. The van der Waals surface area contributed by atoms with Crippen molar-refractivity contribution in [3.63, 3.8) is 0 Å². The Kier molecular flexibility index (Phi) is 3.96. The van der Waals surface area contributed by atoms with Gasteiger partial charge in [-0.25, -0.2) is 14.2 Å². The summed E-state index contributed by atoms with van der Waals surface area (Å²) in [7, 11) is 0. The Hall–Kier alpha value is -2.90. The van der Waals surface area contributed by atoms with Crippen LogP contribution in [0.25, 0.3) is 5.65 Å². The van der Waals surface area contributed by atoms with E-state index >= 15 is 0 Å². The standard InChI is InChI=1S/C15H18N6O2/c1-3-11(2)21-12(7-8-16-21)17-14(22)10-20-15(23)19-9-5-4-6-13(19)18-20/h4-9,11H,3,10H2,1-2H3,(H,17,22). The first-order valence-corrected chi connectivity index (χ1v) is 7.47. The van der Waals surface area contributed by atoms with E-state index in [-0.39, 0.29) is 24.2 Å². The summed E-state index contributed by atoms with van der Waals surface area (Å²) in [6, 6.07) is 7.16. The highest BCUT2D eigenvalue weighted by Gasteiger charge is 2.14. The molecule has 0 saturated heterocycles. The first kappa shape index (κ1) is 15.0. The van der Waals surface area contributed by atoms with Crippen LogP contribution in [0, 0.1) is 0 Å². The van der Waals surface area contributed by atoms with Crippen LogP contribution in [0.1, 0.15) is 26.3 Å². The fourth-order valence-electron chi connectivity index (χ4n) is 2.33. The number of pyridine rings is 1. The van der Waals surface area contributed by atoms with Crippen LogP contribution < -0.4 is 11.0 Å². The average Bonchev–Trinajstić information content (AvgIpc) is 3.12. The van der Waals surface area contributed by atoms with Gasteiger partial charge in [0.25, 0.3) is 0 Å². The highest BCUT2D eigenvalue weighted by Crippen LogP contribution is 2.16. The molecule has 0 fully saturated rings. The number of fused-ring (bicyclic) bond motifs is 1. The van der Waals surface area contributed by atoms with Crippen LogP contribution in [-0.2, 0) is 11.3 Å². The monoisotopic (exact) mass is 314 g/mol. The van der Waals surface area contributed by atoms with E-state index in [2.05, 4.69) is 15.5 Å². The van der Waals surface area contributed by atoms with Gasteiger partial charge in [-0.1, -0.05) is 13.0 Å². The molecule has 1 atom stereocenters. The van der Waals surface area contributed by atoms with Gasteiger partial charge in [-0.2, -0.15) is 5.10 Å². The number of nitrogens with zero attached hydrogens (tertiary/aromatic N) is 5. The molecule has 3 aromatic rings. The Bertz CT molecular complexity index is 891. The predicted molar refractivity (Wildman–Crippen MR) is 85.3 cm³/mol. The van der Waals surface area contributed by atoms with E-state index in [9.17, 15) is 9.59 Å². The third kappa shape index (κ3) is 2.87. The maximum absolute atomic E-state index is 12.2. The quantitative estimate of drug-likeness (QED) is 0.769. The van der Waals surface area contributed by atoms with Gasteiger partial charge in [0.2, 0.25) is 5.91 Å². The number of rotatable bonds is 5. The second kappa shape index (κ2) is 6.07. The molecule has 1 N–H and O–H groups in total. The maximum Gasteiger partial charge on any atom is 0.350 e. The van der Waals surface area contributed by atoms with Gasteiger partial charge >= 0.3 is 5.69 Å². The van der Waals surface area contributed by atoms with Crippen LogP contribution in [0.2, 0.25) is 0 Å². The molecule has 0 saturated carbocycles. The van der Waals surface area contributed by atoms with Crippen molar-refractivity contribution in [3.05, 3.63) is 47.1 Å². The number of hydrogen-bond acceptors (Lipinski definition) is 4. The van der Waals surface area contributed by atoms with Crippen molar-refractivity contribution in [2.24, 2.45) is 0 Å². The Morgan fingerprint density at radius 2 is 2.17 bits per heavy atom. The highest BCUT2D eigenvalue weighted by atomic mass is 16.2. The third-order valence-electron chi connectivity index (χ3n) is 3.73. The SMILES string of the molecule is CCC(C)n1nccc1NC(=O)Cn1nc2ccccn2c1=O. The summed E-state index contributed by atoms with van der Waals surface area (Å²) in [6.45, 7) is 3.93. The lowest BCUT2D eigenvalue weighted by Gasteiger charge is -2.14. The molecule has 8 heteroatoms. The van der Waals surface area contributed by atoms with Crippen LogP contribution in [0.5, 0.6) is 0 Å². The van der Waals surface area contributed by atoms with E-state index < -0.39 is 0 Å². The van der Waals surface area contributed by atoms with Crippen LogP contribution in [-0.4, -0.2) is 29.9 Å². The molecule has 0 aliphatic heterocycles. The van der Waals surface area contributed by atoms with E-state index in [0.717, 1.165) is 11.1 Å². The van der Waals surface area contributed by atoms with Crippen molar-refractivity contribution in [1.29, 1.82) is 0 Å². The van der Waals surface area contributed by atoms with E-state index in [4.69, 9.17) is 0 Å². The molecule has 0 radical (unpaired) electrons. The number of aromatic nitrogens is 5. The van der Waals surface area contributed by atoms with Gasteiger partial charge in [-0.15, -0.1) is 5.10 Å². The molecule has 0 spiro atoms. The molecule has 0 aliphatic rings. The summed E-state index contributed by atoms with van der Waals surface area (Å²) in [4.78, 5) is 24.4. The van der Waals surface area contributed by atoms with Crippen molar-refractivity contribution in [3.8, 4) is 0 Å². The Morgan fingerprint density at radius 1 is 1.35 bits per heavy atom. The first-order chi connectivity index (χ1) is 11.1. The van der Waals surface area contributed by atoms with Gasteiger partial charge in [0.05, 0.1) is 12.2 Å². The summed E-state index contributed by atoms with van der Waals surface area (Å²) in [5.74, 6) is 0.293. The van der Waals surface area contributed by atoms with E-state index in [1.807, 2.05) is 13.8 Å². The lowest BCUT2D eigenvalue weighted by Crippen LogP contribution is -2.29. The van der Waals surface area contributed by atoms with Gasteiger partial charge in [0.15, 0.2) is 5.65 Å². The Labute approximate surface area is 132 Å². The molecule has 8 nitrogen and oxygen atoms in total. The van der Waals surface area contributed by atoms with Crippen molar-refractivity contribution >= 4 is 17.4 Å². The van der Waals surface area contributed by atoms with E-state index in [1.54, 1.807) is 41.3 Å². The van der Waals surface area contributed by atoms with Gasteiger partial charge in [0.1, 0.15) is 12.4 Å². The summed E-state index contributed by atoms with van der Waals surface area (Å²) in [6.07, 6.45) is 4.16. The molecule has 1 unspecified atom stereocenters. The zero-order valence-electron chi connectivity index (χ0n) is 13.0. The van der Waals surface area contributed by atoms with Crippen molar-refractivity contribution in [2.75, 3.05) is 5.32 Å². The zero-order valence-corrected chi connectivity index (χ0v) is 13.0. The molecule has 0 bridgehead atoms. The van der Waals surface area contributed by atoms with E-state index in [0.29, 0.717) is 11.5 Å². The van der Waals surface area contributed by atoms with Gasteiger partial charge in [-0.3, -0.25) is 9.20 Å². The minimum atomic E-state index is -0.341. The molecule has 0 aromatic carbocycles. The highest BCUT2D eigenvalue weighted by molar-refractivity contribution is 5.89. The van der Waals surface area contributed by atoms with Gasteiger partial charge in [0, 0.05) is 12.3 Å². The number of amides is 1. The topological polar surface area (TPSA) is 86.2 Å². The largest absolute Gasteiger partial charge is 0.350 e. The maximum atomic E-state index is 12.2. The van der Waals surface area contributed by atoms with Crippen molar-refractivity contribution in [1.82, 2.24) is 24.0 Å². The number of nitrogens with one attached hydrogen (secondary N) is 1. The predicted octanol–water partition coefficient (Wildman–Crippen LogP) is 1.30. The number of carbonyl (C=O) groups excluding carboxylic acids is 1. The first-order valence-electron chi connectivity index (χ1n) is 7.47. The molecule has 3 heterocycles. The number of anilines is 1. The average molecular weight is 314 g/mol. The molecule has 3 aromatic heterocycles. The molecule has 120 valence electrons. The second-order valence-electron chi connectivity index (χ2n) is 5.34. The summed E-state index contributed by atoms with van der Waals surface area (Å²) in [5, 5.41) is 11.1. The third-order valence-corrected chi connectivity index (χ3v) is 3.73. The smallest absolute Gasteiger partial charge is 0.309 e. The lowest BCUT2D eigenvalue weighted by molar-refractivity contribution is -0.117. The van der Waals surface area contributed by atoms with Crippen LogP contribution >= 0.6 is 0 Å². The molecule has 1 amide bonds. The van der Waals surface area contributed by atoms with Crippen molar-refractivity contribution in [2.45, 2.75) is 32.9 Å². The van der Waals surface area contributed by atoms with E-state index in [1.165, 1.54) is 4.40 Å². The molecular formula is C15H18N6O2. The summed E-state index contributed by atoms with van der Waals surface area (Å²) < 4.78 is 4.30. The van der Waals surface area contributed by atoms with Crippen LogP contribution in [0.4, 0.5) is 5.82 Å². The minimum Gasteiger partial charge on any atom is -0.309 e. The number of hydrogen-bond donors (Lipinski definition) is 1. The van der Waals surface area contributed by atoms with Gasteiger partial charge in [-0.05, 0) is 25.5 Å². The van der Waals surface area contributed by atoms with Crippen molar-refractivity contribution < 1.29 is 4.79 Å². The van der Waals surface area contributed by atoms with Crippen LogP contribution in [0.3, 0.4) is 0 Å². The van der Waals surface area contributed by atoms with Crippen LogP contribution in [0.15, 0.2) is 41.5 Å². The fraction of sp³-hybridized carbons (Fsp3) is 0.333. The molecule has 23 heavy (non-hydrogen) atoms. The summed E-state index contributed by atoms with van der Waals surface area (Å²) >= 11 is 0. The fourth-order valence-corrected chi connectivity index (χ4v) is 2.33. The lowest BCUT2D eigenvalue weighted by atomic mass is 10.3. The summed E-state index contributed by atoms with van der Waals surface area (Å²) in [5.41, 5.74) is 0.168. The minimum absolute atomic E-state index is 0.147. The molecule has 0 aliphatic carbocycles. The second-order valence-corrected chi connectivity index (χ2v) is 5.34. The Balaban J connectivity index is 1.78. The number of carbonyl (C=O) groups is 1. The van der Waals surface area contributed by atoms with Gasteiger partial charge < -0.3 is 5.32 Å².